The molecule has 0 radical (unpaired) electrons. The van der Waals surface area contributed by atoms with Crippen LogP contribution >= 0.6 is 11.3 Å². The number of nitrogens with zero attached hydrogens (tertiary/aromatic N) is 3. The first-order valence-electron chi connectivity index (χ1n) is 15.9. The molecule has 2 aromatic carbocycles. The van der Waals surface area contributed by atoms with Gasteiger partial charge in [0.25, 0.3) is 11.5 Å². The molecular weight excluding hydrogens is 582 g/mol. The summed E-state index contributed by atoms with van der Waals surface area (Å²) in [5, 5.41) is 3.59. The number of methoxy groups -OCH3 is 1. The SMILES string of the molecule is COc1ccc(-c2ccc(CC(C)Nc3cc[nH]c(=O)c3C3=Nc4cc5c(cc4C3)C(=O)N(CCCN3CCCC3)C5)s2)cc1. The van der Waals surface area contributed by atoms with Gasteiger partial charge in [-0.05, 0) is 117 Å². The van der Waals surface area contributed by atoms with Crippen molar-refractivity contribution in [3.8, 4) is 16.2 Å². The minimum absolute atomic E-state index is 0.0928. The predicted octanol–water partition coefficient (Wildman–Crippen LogP) is 6.27. The number of aliphatic imine (C=N–C) groups is 1. The van der Waals surface area contributed by atoms with Gasteiger partial charge in [-0.15, -0.1) is 11.3 Å². The molecule has 0 bridgehead atoms. The number of fused-ring (bicyclic) bond motifs is 2. The van der Waals surface area contributed by atoms with Crippen molar-refractivity contribution in [1.29, 1.82) is 0 Å². The molecule has 3 aliphatic rings. The quantitative estimate of drug-likeness (QED) is 0.206. The molecule has 5 heterocycles. The van der Waals surface area contributed by atoms with E-state index in [4.69, 9.17) is 9.73 Å². The number of aromatic nitrogens is 1. The predicted molar refractivity (Wildman–Crippen MR) is 182 cm³/mol. The summed E-state index contributed by atoms with van der Waals surface area (Å²) in [6.07, 6.45) is 6.61. The van der Waals surface area contributed by atoms with Crippen molar-refractivity contribution in [2.24, 2.45) is 4.99 Å². The van der Waals surface area contributed by atoms with Crippen LogP contribution in [0.3, 0.4) is 0 Å². The summed E-state index contributed by atoms with van der Waals surface area (Å²) in [5.74, 6) is 0.958. The summed E-state index contributed by atoms with van der Waals surface area (Å²) >= 11 is 1.78. The van der Waals surface area contributed by atoms with Crippen LogP contribution in [0.5, 0.6) is 5.75 Å². The molecule has 2 N–H and O–H groups in total. The maximum absolute atomic E-state index is 13.3. The number of likely N-dealkylation sites (tertiary alicyclic amines) is 1. The third kappa shape index (κ3) is 6.19. The molecule has 0 aliphatic carbocycles. The van der Waals surface area contributed by atoms with Crippen molar-refractivity contribution in [2.45, 2.75) is 51.6 Å². The van der Waals surface area contributed by atoms with Crippen molar-refractivity contribution >= 4 is 34.3 Å². The van der Waals surface area contributed by atoms with Crippen molar-refractivity contribution in [3.63, 3.8) is 0 Å². The van der Waals surface area contributed by atoms with Gasteiger partial charge in [-0.25, -0.2) is 0 Å². The first-order valence-corrected chi connectivity index (χ1v) is 16.7. The largest absolute Gasteiger partial charge is 0.497 e. The van der Waals surface area contributed by atoms with E-state index in [1.54, 1.807) is 24.6 Å². The van der Waals surface area contributed by atoms with E-state index in [0.29, 0.717) is 18.5 Å². The average molecular weight is 622 g/mol. The highest BCUT2D eigenvalue weighted by Gasteiger charge is 2.31. The van der Waals surface area contributed by atoms with E-state index >= 15 is 0 Å². The third-order valence-electron chi connectivity index (χ3n) is 9.09. The maximum Gasteiger partial charge on any atom is 0.259 e. The Kier molecular flexibility index (Phi) is 8.29. The molecule has 8 nitrogen and oxygen atoms in total. The van der Waals surface area contributed by atoms with Gasteiger partial charge in [0.15, 0.2) is 0 Å². The highest BCUT2D eigenvalue weighted by atomic mass is 32.1. The fraction of sp³-hybridized carbons (Fsp3) is 0.361. The Morgan fingerprint density at radius 2 is 1.84 bits per heavy atom. The first kappa shape index (κ1) is 29.5. The van der Waals surface area contributed by atoms with Crippen LogP contribution in [0.2, 0.25) is 0 Å². The number of nitrogens with one attached hydrogen (secondary N) is 2. The van der Waals surface area contributed by atoms with E-state index in [-0.39, 0.29) is 17.5 Å². The smallest absolute Gasteiger partial charge is 0.259 e. The van der Waals surface area contributed by atoms with Crippen LogP contribution in [0, 0.1) is 0 Å². The molecule has 0 saturated carbocycles. The monoisotopic (exact) mass is 621 g/mol. The van der Waals surface area contributed by atoms with Gasteiger partial charge in [0.2, 0.25) is 0 Å². The molecule has 7 rings (SSSR count). The summed E-state index contributed by atoms with van der Waals surface area (Å²) in [5.41, 5.74) is 6.77. The lowest BCUT2D eigenvalue weighted by Gasteiger charge is -2.19. The number of carbonyl (C=O) groups is 1. The molecule has 0 spiro atoms. The molecular formula is C36H39N5O3S. The zero-order valence-corrected chi connectivity index (χ0v) is 26.7. The number of amides is 1. The van der Waals surface area contributed by atoms with Gasteiger partial charge in [0.05, 0.1) is 29.8 Å². The summed E-state index contributed by atoms with van der Waals surface area (Å²) in [6, 6.07) is 18.5. The fourth-order valence-corrected chi connectivity index (χ4v) is 7.92. The molecule has 1 saturated heterocycles. The lowest BCUT2D eigenvalue weighted by molar-refractivity contribution is 0.0772. The lowest BCUT2D eigenvalue weighted by atomic mass is 10.00. The van der Waals surface area contributed by atoms with Gasteiger partial charge in [0.1, 0.15) is 5.75 Å². The van der Waals surface area contributed by atoms with E-state index < -0.39 is 0 Å². The van der Waals surface area contributed by atoms with Gasteiger partial charge in [-0.2, -0.15) is 0 Å². The minimum Gasteiger partial charge on any atom is -0.497 e. The summed E-state index contributed by atoms with van der Waals surface area (Å²) < 4.78 is 5.29. The Bertz CT molecular complexity index is 1800. The first-order chi connectivity index (χ1) is 21.9. The molecule has 2 aromatic heterocycles. The third-order valence-corrected chi connectivity index (χ3v) is 10.2. The molecule has 3 aliphatic heterocycles. The highest BCUT2D eigenvalue weighted by Crippen LogP contribution is 2.36. The number of ether oxygens (including phenoxy) is 1. The van der Waals surface area contributed by atoms with Gasteiger partial charge in [0, 0.05) is 53.5 Å². The molecule has 1 unspecified atom stereocenters. The molecule has 9 heteroatoms. The molecule has 1 amide bonds. The Labute approximate surface area is 267 Å². The maximum atomic E-state index is 13.3. The van der Waals surface area contributed by atoms with E-state index in [0.717, 1.165) is 65.5 Å². The number of benzene rings is 2. The van der Waals surface area contributed by atoms with Crippen LogP contribution in [0.1, 0.15) is 58.1 Å². The minimum atomic E-state index is -0.163. The van der Waals surface area contributed by atoms with Crippen LogP contribution in [0.15, 0.2) is 70.6 Å². The second-order valence-corrected chi connectivity index (χ2v) is 13.5. The molecule has 1 atom stereocenters. The molecule has 1 fully saturated rings. The van der Waals surface area contributed by atoms with Gasteiger partial charge in [-0.1, -0.05) is 0 Å². The van der Waals surface area contributed by atoms with Gasteiger partial charge < -0.3 is 24.8 Å². The Morgan fingerprint density at radius 3 is 2.64 bits per heavy atom. The van der Waals surface area contributed by atoms with E-state index in [1.165, 1.54) is 41.2 Å². The number of hydrogen-bond donors (Lipinski definition) is 2. The van der Waals surface area contributed by atoms with Crippen molar-refractivity contribution < 1.29 is 9.53 Å². The highest BCUT2D eigenvalue weighted by molar-refractivity contribution is 7.15. The van der Waals surface area contributed by atoms with Gasteiger partial charge in [-0.3, -0.25) is 14.6 Å². The number of thiophene rings is 1. The van der Waals surface area contributed by atoms with Crippen LogP contribution in [-0.2, 0) is 19.4 Å². The normalized spacial score (nSPS) is 16.5. The number of aromatic amines is 1. The molecule has 232 valence electrons. The van der Waals surface area contributed by atoms with Crippen LogP contribution in [-0.4, -0.2) is 65.7 Å². The number of H-pyrrole nitrogens is 1. The van der Waals surface area contributed by atoms with E-state index in [2.05, 4.69) is 52.5 Å². The Balaban J connectivity index is 1.03. The number of hydrogen-bond acceptors (Lipinski definition) is 7. The zero-order valence-electron chi connectivity index (χ0n) is 25.9. The van der Waals surface area contributed by atoms with Gasteiger partial charge >= 0.3 is 0 Å². The van der Waals surface area contributed by atoms with E-state index in [1.807, 2.05) is 29.2 Å². The zero-order chi connectivity index (χ0) is 30.9. The number of anilines is 1. The second kappa shape index (κ2) is 12.7. The fourth-order valence-electron chi connectivity index (χ4n) is 6.78. The van der Waals surface area contributed by atoms with Crippen LogP contribution < -0.4 is 15.6 Å². The topological polar surface area (TPSA) is 90.0 Å². The molecule has 45 heavy (non-hydrogen) atoms. The average Bonchev–Trinajstić information content (AvgIpc) is 3.85. The van der Waals surface area contributed by atoms with Crippen LogP contribution in [0.25, 0.3) is 10.4 Å². The van der Waals surface area contributed by atoms with Crippen molar-refractivity contribution in [2.75, 3.05) is 38.6 Å². The van der Waals surface area contributed by atoms with Crippen molar-refractivity contribution in [1.82, 2.24) is 14.8 Å². The van der Waals surface area contributed by atoms with E-state index in [9.17, 15) is 9.59 Å². The Hall–Kier alpha value is -4.21. The lowest BCUT2D eigenvalue weighted by Crippen LogP contribution is -2.29. The van der Waals surface area contributed by atoms with Crippen molar-refractivity contribution in [3.05, 3.63) is 98.3 Å². The number of pyridine rings is 1. The number of rotatable bonds is 11. The standard InChI is InChI=1S/C36H39N5O3S/c1-23(18-28-10-11-33(45-28)24-6-8-27(44-2)9-7-24)38-30-12-13-37-35(42)34(30)32-20-25-19-29-26(21-31(25)39-32)22-41(36(29)43)17-5-16-40-14-3-4-15-40/h6-13,19,21,23H,3-5,14-18,20,22H2,1-2H3,(H2,37,38,42). The summed E-state index contributed by atoms with van der Waals surface area (Å²) in [6.45, 7) is 6.97. The molecule has 4 aromatic rings. The van der Waals surface area contributed by atoms with Crippen LogP contribution in [0.4, 0.5) is 11.4 Å². The summed E-state index contributed by atoms with van der Waals surface area (Å²) in [4.78, 5) is 41.2. The second-order valence-electron chi connectivity index (χ2n) is 12.3. The number of carbonyl (C=O) groups excluding carboxylic acids is 1. The summed E-state index contributed by atoms with van der Waals surface area (Å²) in [7, 11) is 1.68. The Morgan fingerprint density at radius 1 is 1.02 bits per heavy atom.